The fourth-order valence-corrected chi connectivity index (χ4v) is 2.55. The predicted molar refractivity (Wildman–Crippen MR) is 90.8 cm³/mol. The van der Waals surface area contributed by atoms with E-state index in [1.165, 1.54) is 0 Å². The summed E-state index contributed by atoms with van der Waals surface area (Å²) in [7, 11) is 0. The maximum absolute atomic E-state index is 11.3. The SMILES string of the molecule is O=Cc1c(-c2ccccc2OCc2ccccc2)ccnc1Cl. The standard InChI is InChI=1S/C19H14ClNO2/c20-19-17(12-22)15(10-11-21-19)16-8-4-5-9-18(16)23-13-14-6-2-1-3-7-14/h1-12H,13H2. The largest absolute Gasteiger partial charge is 0.488 e. The molecule has 0 aliphatic rings. The van der Waals surface area contributed by atoms with Crippen LogP contribution in [0.25, 0.3) is 11.1 Å². The molecule has 0 atom stereocenters. The first kappa shape index (κ1) is 15.3. The average Bonchev–Trinajstić information content (AvgIpc) is 2.61. The fourth-order valence-electron chi connectivity index (χ4n) is 2.34. The van der Waals surface area contributed by atoms with Crippen LogP contribution in [0, 0.1) is 0 Å². The van der Waals surface area contributed by atoms with Crippen molar-refractivity contribution in [1.82, 2.24) is 4.98 Å². The van der Waals surface area contributed by atoms with E-state index in [-0.39, 0.29) is 5.15 Å². The third-order valence-electron chi connectivity index (χ3n) is 3.47. The molecule has 0 radical (unpaired) electrons. The lowest BCUT2D eigenvalue weighted by Crippen LogP contribution is -1.98. The molecule has 0 aliphatic carbocycles. The third-order valence-corrected chi connectivity index (χ3v) is 3.77. The number of hydrogen-bond acceptors (Lipinski definition) is 3. The van der Waals surface area contributed by atoms with Gasteiger partial charge in [-0.2, -0.15) is 0 Å². The Morgan fingerprint density at radius 2 is 1.70 bits per heavy atom. The van der Waals surface area contributed by atoms with E-state index in [1.807, 2.05) is 54.6 Å². The molecule has 1 aromatic heterocycles. The van der Waals surface area contributed by atoms with E-state index in [0.29, 0.717) is 23.5 Å². The Balaban J connectivity index is 1.95. The summed E-state index contributed by atoms with van der Waals surface area (Å²) in [5.41, 5.74) is 2.97. The van der Waals surface area contributed by atoms with E-state index in [2.05, 4.69) is 4.98 Å². The molecular weight excluding hydrogens is 310 g/mol. The van der Waals surface area contributed by atoms with Crippen molar-refractivity contribution in [2.24, 2.45) is 0 Å². The summed E-state index contributed by atoms with van der Waals surface area (Å²) in [6.07, 6.45) is 2.30. The molecule has 3 aromatic rings. The van der Waals surface area contributed by atoms with Crippen LogP contribution in [-0.4, -0.2) is 11.3 Å². The highest BCUT2D eigenvalue weighted by Crippen LogP contribution is 2.33. The normalized spacial score (nSPS) is 10.3. The first-order valence-electron chi connectivity index (χ1n) is 7.15. The Morgan fingerprint density at radius 3 is 2.48 bits per heavy atom. The molecule has 0 fully saturated rings. The molecule has 0 N–H and O–H groups in total. The maximum atomic E-state index is 11.3. The Kier molecular flexibility index (Phi) is 4.69. The van der Waals surface area contributed by atoms with Crippen LogP contribution in [0.15, 0.2) is 66.9 Å². The van der Waals surface area contributed by atoms with Crippen LogP contribution in [0.2, 0.25) is 5.15 Å². The number of aldehydes is 1. The third kappa shape index (κ3) is 3.41. The van der Waals surface area contributed by atoms with Crippen LogP contribution in [0.5, 0.6) is 5.75 Å². The second-order valence-corrected chi connectivity index (χ2v) is 5.31. The van der Waals surface area contributed by atoms with Crippen molar-refractivity contribution >= 4 is 17.9 Å². The van der Waals surface area contributed by atoms with Gasteiger partial charge in [-0.05, 0) is 17.7 Å². The van der Waals surface area contributed by atoms with E-state index in [1.54, 1.807) is 12.3 Å². The van der Waals surface area contributed by atoms with Gasteiger partial charge in [0.15, 0.2) is 6.29 Å². The summed E-state index contributed by atoms with van der Waals surface area (Å²) < 4.78 is 5.94. The van der Waals surface area contributed by atoms with Gasteiger partial charge < -0.3 is 4.74 Å². The predicted octanol–water partition coefficient (Wildman–Crippen LogP) is 4.79. The van der Waals surface area contributed by atoms with Crippen molar-refractivity contribution in [2.45, 2.75) is 6.61 Å². The lowest BCUT2D eigenvalue weighted by atomic mass is 10.0. The van der Waals surface area contributed by atoms with Crippen LogP contribution in [-0.2, 0) is 6.61 Å². The van der Waals surface area contributed by atoms with E-state index >= 15 is 0 Å². The van der Waals surface area contributed by atoms with E-state index < -0.39 is 0 Å². The second-order valence-electron chi connectivity index (χ2n) is 4.95. The van der Waals surface area contributed by atoms with Gasteiger partial charge in [-0.25, -0.2) is 4.98 Å². The number of carbonyl (C=O) groups is 1. The molecule has 0 bridgehead atoms. The summed E-state index contributed by atoms with van der Waals surface area (Å²) in [6, 6.07) is 19.2. The van der Waals surface area contributed by atoms with E-state index in [9.17, 15) is 4.79 Å². The number of rotatable bonds is 5. The molecule has 4 heteroatoms. The molecule has 23 heavy (non-hydrogen) atoms. The van der Waals surface area contributed by atoms with Crippen molar-refractivity contribution in [1.29, 1.82) is 0 Å². The highest BCUT2D eigenvalue weighted by molar-refractivity contribution is 6.32. The number of nitrogens with zero attached hydrogens (tertiary/aromatic N) is 1. The van der Waals surface area contributed by atoms with Gasteiger partial charge in [-0.1, -0.05) is 60.1 Å². The number of pyridine rings is 1. The zero-order valence-corrected chi connectivity index (χ0v) is 13.0. The van der Waals surface area contributed by atoms with Gasteiger partial charge in [-0.15, -0.1) is 0 Å². The van der Waals surface area contributed by atoms with Gasteiger partial charge in [0.2, 0.25) is 0 Å². The first-order chi connectivity index (χ1) is 11.3. The summed E-state index contributed by atoms with van der Waals surface area (Å²) in [4.78, 5) is 15.3. The van der Waals surface area contributed by atoms with Gasteiger partial charge in [0.1, 0.15) is 17.5 Å². The molecule has 3 rings (SSSR count). The molecular formula is C19H14ClNO2. The molecule has 0 saturated heterocycles. The number of carbonyl (C=O) groups excluding carboxylic acids is 1. The monoisotopic (exact) mass is 323 g/mol. The summed E-state index contributed by atoms with van der Waals surface area (Å²) in [5, 5.41) is 0.190. The molecule has 0 saturated carbocycles. The molecule has 1 heterocycles. The zero-order valence-electron chi connectivity index (χ0n) is 12.3. The van der Waals surface area contributed by atoms with Gasteiger partial charge in [0.05, 0.1) is 5.56 Å². The van der Waals surface area contributed by atoms with Crippen LogP contribution in [0.3, 0.4) is 0 Å². The van der Waals surface area contributed by atoms with Gasteiger partial charge in [-0.3, -0.25) is 4.79 Å². The number of para-hydroxylation sites is 1. The van der Waals surface area contributed by atoms with Crippen molar-refractivity contribution in [3.05, 3.63) is 83.1 Å². The molecule has 0 unspecified atom stereocenters. The Hall–Kier alpha value is -2.65. The number of hydrogen-bond donors (Lipinski definition) is 0. The lowest BCUT2D eigenvalue weighted by molar-refractivity contribution is 0.112. The molecule has 3 nitrogen and oxygen atoms in total. The van der Waals surface area contributed by atoms with Crippen LogP contribution >= 0.6 is 11.6 Å². The number of ether oxygens (including phenoxy) is 1. The minimum Gasteiger partial charge on any atom is -0.488 e. The van der Waals surface area contributed by atoms with E-state index in [4.69, 9.17) is 16.3 Å². The summed E-state index contributed by atoms with van der Waals surface area (Å²) in [6.45, 7) is 0.451. The maximum Gasteiger partial charge on any atom is 0.153 e. The minimum absolute atomic E-state index is 0.190. The smallest absolute Gasteiger partial charge is 0.153 e. The number of aromatic nitrogens is 1. The van der Waals surface area contributed by atoms with Gasteiger partial charge in [0.25, 0.3) is 0 Å². The highest BCUT2D eigenvalue weighted by atomic mass is 35.5. The van der Waals surface area contributed by atoms with Crippen molar-refractivity contribution < 1.29 is 9.53 Å². The summed E-state index contributed by atoms with van der Waals surface area (Å²) in [5.74, 6) is 0.696. The molecule has 0 amide bonds. The zero-order chi connectivity index (χ0) is 16.1. The van der Waals surface area contributed by atoms with Gasteiger partial charge in [0, 0.05) is 17.3 Å². The second kappa shape index (κ2) is 7.07. The molecule has 114 valence electrons. The quantitative estimate of drug-likeness (QED) is 0.500. The molecule has 0 aliphatic heterocycles. The van der Waals surface area contributed by atoms with Gasteiger partial charge >= 0.3 is 0 Å². The van der Waals surface area contributed by atoms with Crippen molar-refractivity contribution in [3.63, 3.8) is 0 Å². The average molecular weight is 324 g/mol. The molecule has 2 aromatic carbocycles. The summed E-state index contributed by atoms with van der Waals surface area (Å²) >= 11 is 6.02. The fraction of sp³-hybridized carbons (Fsp3) is 0.0526. The van der Waals surface area contributed by atoms with Crippen LogP contribution in [0.1, 0.15) is 15.9 Å². The minimum atomic E-state index is 0.190. The van der Waals surface area contributed by atoms with E-state index in [0.717, 1.165) is 17.4 Å². The van der Waals surface area contributed by atoms with Crippen molar-refractivity contribution in [2.75, 3.05) is 0 Å². The Labute approximate surface area is 139 Å². The Morgan fingerprint density at radius 1 is 0.957 bits per heavy atom. The van der Waals surface area contributed by atoms with Crippen molar-refractivity contribution in [3.8, 4) is 16.9 Å². The molecule has 0 spiro atoms. The first-order valence-corrected chi connectivity index (χ1v) is 7.53. The lowest BCUT2D eigenvalue weighted by Gasteiger charge is -2.13. The van der Waals surface area contributed by atoms with Crippen LogP contribution < -0.4 is 4.74 Å². The number of benzene rings is 2. The number of halogens is 1. The highest BCUT2D eigenvalue weighted by Gasteiger charge is 2.13. The Bertz CT molecular complexity index is 819. The topological polar surface area (TPSA) is 39.2 Å². The van der Waals surface area contributed by atoms with Crippen LogP contribution in [0.4, 0.5) is 0 Å².